The number of aliphatic imine (C=N–C) groups is 1. The smallest absolute Gasteiger partial charge is 0.188 e. The van der Waals surface area contributed by atoms with Crippen LogP contribution >= 0.6 is 24.0 Å². The van der Waals surface area contributed by atoms with Crippen molar-refractivity contribution in [1.29, 1.82) is 0 Å². The van der Waals surface area contributed by atoms with Crippen LogP contribution in [0.5, 0.6) is 0 Å². The molecule has 0 saturated heterocycles. The Hall–Kier alpha value is -2.38. The van der Waals surface area contributed by atoms with Crippen molar-refractivity contribution in [2.45, 2.75) is 26.2 Å². The van der Waals surface area contributed by atoms with Crippen LogP contribution < -0.4 is 11.1 Å². The average molecular weight is 501 g/mol. The minimum atomic E-state index is 0. The lowest BCUT2D eigenvalue weighted by Crippen LogP contribution is -2.33. The molecule has 0 aliphatic carbocycles. The Morgan fingerprint density at radius 3 is 2.07 bits per heavy atom. The van der Waals surface area contributed by atoms with E-state index in [9.17, 15) is 0 Å². The van der Waals surface area contributed by atoms with Crippen molar-refractivity contribution in [2.24, 2.45) is 10.7 Å². The molecule has 0 spiro atoms. The number of halogens is 1. The summed E-state index contributed by atoms with van der Waals surface area (Å²) in [4.78, 5) is 4.44. The highest BCUT2D eigenvalue weighted by molar-refractivity contribution is 14.0. The largest absolute Gasteiger partial charge is 0.372 e. The first-order valence-corrected chi connectivity index (χ1v) is 9.57. The van der Waals surface area contributed by atoms with Gasteiger partial charge in [-0.05, 0) is 28.7 Å². The van der Waals surface area contributed by atoms with Crippen LogP contribution in [0.25, 0.3) is 0 Å². The number of benzene rings is 3. The second kappa shape index (κ2) is 13.0. The summed E-state index contributed by atoms with van der Waals surface area (Å²) >= 11 is 0. The number of nitrogens with one attached hydrogen (secondary N) is 1. The number of rotatable bonds is 9. The number of guanidine groups is 1. The molecule has 0 aromatic heterocycles. The van der Waals surface area contributed by atoms with Gasteiger partial charge in [0.25, 0.3) is 0 Å². The average Bonchev–Trinajstić information content (AvgIpc) is 2.74. The van der Waals surface area contributed by atoms with E-state index in [0.29, 0.717) is 25.7 Å². The lowest BCUT2D eigenvalue weighted by molar-refractivity contribution is 0.107. The molecule has 3 N–H and O–H groups in total. The Kier molecular flexibility index (Phi) is 10.2. The highest BCUT2D eigenvalue weighted by Crippen LogP contribution is 2.10. The number of nitrogens with zero attached hydrogens (tertiary/aromatic N) is 1. The van der Waals surface area contributed by atoms with Gasteiger partial charge in [-0.1, -0.05) is 84.9 Å². The first kappa shape index (κ1) is 22.9. The van der Waals surface area contributed by atoms with E-state index in [1.807, 2.05) is 42.5 Å². The van der Waals surface area contributed by atoms with Gasteiger partial charge >= 0.3 is 0 Å². The standard InChI is InChI=1S/C24H27N3O.HI/c25-24(26-15-14-20-8-3-1-4-9-20)27-17-22-12-7-13-23(16-22)19-28-18-21-10-5-2-6-11-21;/h1-13,16H,14-15,17-19H2,(H3,25,26,27);1H. The Balaban J connectivity index is 0.00000300. The summed E-state index contributed by atoms with van der Waals surface area (Å²) in [6.07, 6.45) is 0.922. The van der Waals surface area contributed by atoms with Crippen LogP contribution in [0.2, 0.25) is 0 Å². The zero-order valence-electron chi connectivity index (χ0n) is 16.5. The van der Waals surface area contributed by atoms with Crippen LogP contribution in [0.15, 0.2) is 89.9 Å². The molecule has 29 heavy (non-hydrogen) atoms. The van der Waals surface area contributed by atoms with E-state index in [1.165, 1.54) is 11.1 Å². The molecule has 0 bridgehead atoms. The van der Waals surface area contributed by atoms with E-state index < -0.39 is 0 Å². The van der Waals surface area contributed by atoms with Crippen molar-refractivity contribution in [2.75, 3.05) is 6.54 Å². The summed E-state index contributed by atoms with van der Waals surface area (Å²) in [6, 6.07) is 28.8. The zero-order valence-corrected chi connectivity index (χ0v) is 18.8. The van der Waals surface area contributed by atoms with Gasteiger partial charge < -0.3 is 15.8 Å². The van der Waals surface area contributed by atoms with Gasteiger partial charge in [0, 0.05) is 6.54 Å². The quantitative estimate of drug-likeness (QED) is 0.255. The van der Waals surface area contributed by atoms with Gasteiger partial charge in [0.2, 0.25) is 0 Å². The highest BCUT2D eigenvalue weighted by atomic mass is 127. The van der Waals surface area contributed by atoms with Crippen molar-refractivity contribution >= 4 is 29.9 Å². The molecule has 0 aliphatic heterocycles. The summed E-state index contributed by atoms with van der Waals surface area (Å²) in [5.74, 6) is 0.474. The van der Waals surface area contributed by atoms with Crippen LogP contribution in [0.4, 0.5) is 0 Å². The van der Waals surface area contributed by atoms with Gasteiger partial charge in [-0.3, -0.25) is 0 Å². The molecule has 3 rings (SSSR count). The van der Waals surface area contributed by atoms with Gasteiger partial charge in [-0.25, -0.2) is 4.99 Å². The zero-order chi connectivity index (χ0) is 19.4. The molecular weight excluding hydrogens is 473 g/mol. The van der Waals surface area contributed by atoms with Crippen molar-refractivity contribution in [3.63, 3.8) is 0 Å². The summed E-state index contributed by atoms with van der Waals surface area (Å²) in [7, 11) is 0. The molecule has 3 aromatic carbocycles. The third-order valence-corrected chi connectivity index (χ3v) is 4.37. The maximum absolute atomic E-state index is 5.98. The van der Waals surface area contributed by atoms with Crippen LogP contribution in [0.1, 0.15) is 22.3 Å². The molecule has 3 aromatic rings. The van der Waals surface area contributed by atoms with Gasteiger partial charge in [0.1, 0.15) is 0 Å². The van der Waals surface area contributed by atoms with E-state index >= 15 is 0 Å². The fourth-order valence-corrected chi connectivity index (χ4v) is 2.89. The third kappa shape index (κ3) is 8.66. The fraction of sp³-hybridized carbons (Fsp3) is 0.208. The molecule has 5 heteroatoms. The van der Waals surface area contributed by atoms with Crippen LogP contribution in [0.3, 0.4) is 0 Å². The number of hydrogen-bond donors (Lipinski definition) is 2. The second-order valence-electron chi connectivity index (χ2n) is 6.66. The van der Waals surface area contributed by atoms with Crippen LogP contribution in [0, 0.1) is 0 Å². The van der Waals surface area contributed by atoms with E-state index in [0.717, 1.165) is 24.1 Å². The lowest BCUT2D eigenvalue weighted by Gasteiger charge is -2.07. The minimum Gasteiger partial charge on any atom is -0.372 e. The van der Waals surface area contributed by atoms with Crippen molar-refractivity contribution in [3.8, 4) is 0 Å². The first-order valence-electron chi connectivity index (χ1n) is 9.57. The van der Waals surface area contributed by atoms with Crippen LogP contribution in [-0.2, 0) is 30.9 Å². The Morgan fingerprint density at radius 2 is 1.34 bits per heavy atom. The molecule has 0 amide bonds. The second-order valence-corrected chi connectivity index (χ2v) is 6.66. The molecular formula is C24H28IN3O. The molecule has 0 fully saturated rings. The Morgan fingerprint density at radius 1 is 0.759 bits per heavy atom. The highest BCUT2D eigenvalue weighted by Gasteiger charge is 1.99. The van der Waals surface area contributed by atoms with Crippen molar-refractivity contribution in [3.05, 3.63) is 107 Å². The monoisotopic (exact) mass is 501 g/mol. The third-order valence-electron chi connectivity index (χ3n) is 4.37. The van der Waals surface area contributed by atoms with Gasteiger partial charge in [0.05, 0.1) is 19.8 Å². The van der Waals surface area contributed by atoms with Crippen LogP contribution in [-0.4, -0.2) is 12.5 Å². The molecule has 0 radical (unpaired) electrons. The van der Waals surface area contributed by atoms with Gasteiger partial charge in [0.15, 0.2) is 5.96 Å². The van der Waals surface area contributed by atoms with E-state index in [-0.39, 0.29) is 24.0 Å². The van der Waals surface area contributed by atoms with Crippen molar-refractivity contribution in [1.82, 2.24) is 5.32 Å². The number of ether oxygens (including phenoxy) is 1. The predicted octanol–water partition coefficient (Wildman–Crippen LogP) is 4.67. The molecule has 0 heterocycles. The number of nitrogens with two attached hydrogens (primary N) is 1. The first-order chi connectivity index (χ1) is 13.8. The predicted molar refractivity (Wildman–Crippen MR) is 130 cm³/mol. The summed E-state index contributed by atoms with van der Waals surface area (Å²) in [5.41, 5.74) is 10.7. The minimum absolute atomic E-state index is 0. The van der Waals surface area contributed by atoms with E-state index in [1.54, 1.807) is 0 Å². The Bertz CT molecular complexity index is 870. The maximum atomic E-state index is 5.98. The number of hydrogen-bond acceptors (Lipinski definition) is 2. The fourth-order valence-electron chi connectivity index (χ4n) is 2.89. The van der Waals surface area contributed by atoms with E-state index in [2.05, 4.69) is 52.8 Å². The molecule has 0 saturated carbocycles. The topological polar surface area (TPSA) is 59.6 Å². The lowest BCUT2D eigenvalue weighted by atomic mass is 10.1. The summed E-state index contributed by atoms with van der Waals surface area (Å²) in [5, 5.41) is 3.17. The summed E-state index contributed by atoms with van der Waals surface area (Å²) < 4.78 is 5.81. The SMILES string of the molecule is I.NC(=NCc1cccc(COCc2ccccc2)c1)NCCc1ccccc1. The Labute approximate surface area is 190 Å². The molecule has 0 aliphatic rings. The van der Waals surface area contributed by atoms with E-state index in [4.69, 9.17) is 10.5 Å². The van der Waals surface area contributed by atoms with Gasteiger partial charge in [-0.2, -0.15) is 0 Å². The normalized spacial score (nSPS) is 11.0. The molecule has 0 unspecified atom stereocenters. The van der Waals surface area contributed by atoms with Crippen molar-refractivity contribution < 1.29 is 4.74 Å². The maximum Gasteiger partial charge on any atom is 0.188 e. The summed E-state index contributed by atoms with van der Waals surface area (Å²) in [6.45, 7) is 2.52. The molecule has 0 atom stereocenters. The van der Waals surface area contributed by atoms with Gasteiger partial charge in [-0.15, -0.1) is 24.0 Å². The molecule has 4 nitrogen and oxygen atoms in total. The molecule has 152 valence electrons.